The first-order valence-corrected chi connectivity index (χ1v) is 11.8. The Morgan fingerprint density at radius 2 is 1.69 bits per heavy atom. The molecule has 0 aliphatic heterocycles. The zero-order valence-electron chi connectivity index (χ0n) is 19.4. The standard InChI is InChI=1S/C25H22FN5O4S/c1-16(35-22-14-8-18(26)9-15-22)23-28-29-25(30(23)20-6-4-3-5-7-20)36-17(2)24(32)27-19-10-12-21(13-11-19)31(33)34/h3-17H,1-2H3,(H,27,32). The minimum absolute atomic E-state index is 0.0594. The molecule has 2 unspecified atom stereocenters. The van der Waals surface area contributed by atoms with Crippen LogP contribution in [0.2, 0.25) is 0 Å². The number of rotatable bonds is 9. The third-order valence-corrected chi connectivity index (χ3v) is 6.20. The van der Waals surface area contributed by atoms with E-state index in [2.05, 4.69) is 15.5 Å². The van der Waals surface area contributed by atoms with Gasteiger partial charge in [0.25, 0.3) is 5.69 Å². The lowest BCUT2D eigenvalue weighted by atomic mass is 10.3. The summed E-state index contributed by atoms with van der Waals surface area (Å²) in [7, 11) is 0. The smallest absolute Gasteiger partial charge is 0.269 e. The molecule has 2 atom stereocenters. The summed E-state index contributed by atoms with van der Waals surface area (Å²) < 4.78 is 21.0. The molecule has 4 aromatic rings. The lowest BCUT2D eigenvalue weighted by Gasteiger charge is -2.17. The van der Waals surface area contributed by atoms with Crippen LogP contribution in [0, 0.1) is 15.9 Å². The van der Waals surface area contributed by atoms with Crippen LogP contribution in [-0.2, 0) is 4.79 Å². The number of thioether (sulfide) groups is 1. The van der Waals surface area contributed by atoms with Crippen molar-refractivity contribution >= 4 is 29.0 Å². The van der Waals surface area contributed by atoms with E-state index in [-0.39, 0.29) is 17.4 Å². The van der Waals surface area contributed by atoms with E-state index in [1.165, 1.54) is 60.3 Å². The summed E-state index contributed by atoms with van der Waals surface area (Å²) in [6, 6.07) is 20.7. The van der Waals surface area contributed by atoms with E-state index in [1.807, 2.05) is 41.8 Å². The highest BCUT2D eigenvalue weighted by atomic mass is 32.2. The molecule has 0 saturated carbocycles. The molecule has 3 aromatic carbocycles. The van der Waals surface area contributed by atoms with Crippen molar-refractivity contribution in [3.63, 3.8) is 0 Å². The van der Waals surface area contributed by atoms with Crippen LogP contribution in [-0.4, -0.2) is 30.8 Å². The number of nitro benzene ring substituents is 1. The predicted molar refractivity (Wildman–Crippen MR) is 134 cm³/mol. The number of nitrogens with zero attached hydrogens (tertiary/aromatic N) is 4. The molecule has 0 saturated heterocycles. The second-order valence-corrected chi connectivity index (χ2v) is 9.09. The molecule has 4 rings (SSSR count). The summed E-state index contributed by atoms with van der Waals surface area (Å²) in [5.41, 5.74) is 1.18. The fourth-order valence-electron chi connectivity index (χ4n) is 3.33. The quantitative estimate of drug-likeness (QED) is 0.179. The summed E-state index contributed by atoms with van der Waals surface area (Å²) in [5, 5.41) is 22.2. The van der Waals surface area contributed by atoms with Crippen LogP contribution in [0.1, 0.15) is 25.8 Å². The Bertz CT molecular complexity index is 1350. The van der Waals surface area contributed by atoms with Gasteiger partial charge in [-0.15, -0.1) is 10.2 Å². The van der Waals surface area contributed by atoms with Crippen molar-refractivity contribution in [2.24, 2.45) is 0 Å². The summed E-state index contributed by atoms with van der Waals surface area (Å²) in [6.45, 7) is 3.54. The number of nitrogens with one attached hydrogen (secondary N) is 1. The fraction of sp³-hybridized carbons (Fsp3) is 0.160. The number of aromatic nitrogens is 3. The summed E-state index contributed by atoms with van der Waals surface area (Å²) >= 11 is 1.21. The number of non-ortho nitro benzene ring substituents is 1. The van der Waals surface area contributed by atoms with E-state index in [4.69, 9.17) is 4.74 Å². The second kappa shape index (κ2) is 11.0. The van der Waals surface area contributed by atoms with Gasteiger partial charge in [-0.3, -0.25) is 19.5 Å². The third kappa shape index (κ3) is 5.87. The van der Waals surface area contributed by atoms with Gasteiger partial charge in [-0.2, -0.15) is 0 Å². The molecule has 0 aliphatic carbocycles. The molecule has 0 aliphatic rings. The topological polar surface area (TPSA) is 112 Å². The number of carbonyl (C=O) groups excluding carboxylic acids is 1. The maximum atomic E-state index is 13.3. The highest BCUT2D eigenvalue weighted by Crippen LogP contribution is 2.30. The molecule has 0 radical (unpaired) electrons. The van der Waals surface area contributed by atoms with Gasteiger partial charge in [0.05, 0.1) is 10.2 Å². The first-order chi connectivity index (χ1) is 17.3. The number of carbonyl (C=O) groups is 1. The van der Waals surface area contributed by atoms with Crippen LogP contribution in [0.3, 0.4) is 0 Å². The maximum absolute atomic E-state index is 13.3. The molecule has 9 nitrogen and oxygen atoms in total. The molecule has 1 heterocycles. The van der Waals surface area contributed by atoms with Crippen LogP contribution >= 0.6 is 11.8 Å². The molecular formula is C25H22FN5O4S. The largest absolute Gasteiger partial charge is 0.483 e. The Labute approximate surface area is 210 Å². The Morgan fingerprint density at radius 3 is 2.33 bits per heavy atom. The number of amides is 1. The normalized spacial score (nSPS) is 12.5. The monoisotopic (exact) mass is 507 g/mol. The SMILES string of the molecule is CC(Sc1nnc(C(C)Oc2ccc(F)cc2)n1-c1ccccc1)C(=O)Nc1ccc([N+](=O)[O-])cc1. The van der Waals surface area contributed by atoms with Gasteiger partial charge in [0.15, 0.2) is 17.1 Å². The third-order valence-electron chi connectivity index (χ3n) is 5.16. The van der Waals surface area contributed by atoms with Gasteiger partial charge < -0.3 is 10.1 Å². The minimum Gasteiger partial charge on any atom is -0.483 e. The summed E-state index contributed by atoms with van der Waals surface area (Å²) in [6.07, 6.45) is -0.526. The fourth-order valence-corrected chi connectivity index (χ4v) is 4.21. The Hall–Kier alpha value is -4.25. The lowest BCUT2D eigenvalue weighted by Crippen LogP contribution is -2.23. The van der Waals surface area contributed by atoms with Crippen molar-refractivity contribution in [1.82, 2.24) is 14.8 Å². The Balaban J connectivity index is 1.54. The van der Waals surface area contributed by atoms with Crippen molar-refractivity contribution in [1.29, 1.82) is 0 Å². The molecule has 1 amide bonds. The van der Waals surface area contributed by atoms with Crippen molar-refractivity contribution in [2.45, 2.75) is 30.4 Å². The van der Waals surface area contributed by atoms with Crippen molar-refractivity contribution in [3.05, 3.63) is 101 Å². The zero-order valence-corrected chi connectivity index (χ0v) is 20.2. The molecule has 1 aromatic heterocycles. The van der Waals surface area contributed by atoms with Crippen LogP contribution in [0.25, 0.3) is 5.69 Å². The van der Waals surface area contributed by atoms with Crippen molar-refractivity contribution in [3.8, 4) is 11.4 Å². The Morgan fingerprint density at radius 1 is 1.03 bits per heavy atom. The van der Waals surface area contributed by atoms with E-state index < -0.39 is 16.3 Å². The van der Waals surface area contributed by atoms with E-state index >= 15 is 0 Å². The number of anilines is 1. The first-order valence-electron chi connectivity index (χ1n) is 11.0. The number of nitro groups is 1. The molecule has 0 fully saturated rings. The highest BCUT2D eigenvalue weighted by Gasteiger charge is 2.24. The van der Waals surface area contributed by atoms with Crippen LogP contribution < -0.4 is 10.1 Å². The van der Waals surface area contributed by atoms with Crippen LogP contribution in [0.15, 0.2) is 84.0 Å². The van der Waals surface area contributed by atoms with E-state index in [0.717, 1.165) is 5.69 Å². The summed E-state index contributed by atoms with van der Waals surface area (Å²) in [5.74, 6) is 0.336. The number of ether oxygens (including phenoxy) is 1. The zero-order chi connectivity index (χ0) is 25.7. The van der Waals surface area contributed by atoms with E-state index in [0.29, 0.717) is 22.4 Å². The maximum Gasteiger partial charge on any atom is 0.269 e. The van der Waals surface area contributed by atoms with E-state index in [9.17, 15) is 19.3 Å². The van der Waals surface area contributed by atoms with Gasteiger partial charge in [0.2, 0.25) is 5.91 Å². The second-order valence-electron chi connectivity index (χ2n) is 7.78. The molecular weight excluding hydrogens is 485 g/mol. The number of benzene rings is 3. The van der Waals surface area contributed by atoms with E-state index in [1.54, 1.807) is 6.92 Å². The van der Waals surface area contributed by atoms with Gasteiger partial charge in [-0.1, -0.05) is 30.0 Å². The number of hydrogen-bond donors (Lipinski definition) is 1. The number of hydrogen-bond acceptors (Lipinski definition) is 7. The Kier molecular flexibility index (Phi) is 7.59. The lowest BCUT2D eigenvalue weighted by molar-refractivity contribution is -0.384. The van der Waals surface area contributed by atoms with Gasteiger partial charge in [-0.05, 0) is 62.4 Å². The van der Waals surface area contributed by atoms with Crippen LogP contribution in [0.4, 0.5) is 15.8 Å². The molecule has 11 heteroatoms. The number of para-hydroxylation sites is 1. The van der Waals surface area contributed by atoms with Crippen molar-refractivity contribution < 1.29 is 18.8 Å². The minimum atomic E-state index is -0.562. The molecule has 184 valence electrons. The molecule has 0 bridgehead atoms. The average Bonchev–Trinajstić information content (AvgIpc) is 3.30. The highest BCUT2D eigenvalue weighted by molar-refractivity contribution is 8.00. The number of halogens is 1. The van der Waals surface area contributed by atoms with Crippen LogP contribution in [0.5, 0.6) is 5.75 Å². The molecule has 1 N–H and O–H groups in total. The molecule has 36 heavy (non-hydrogen) atoms. The molecule has 0 spiro atoms. The average molecular weight is 508 g/mol. The van der Waals surface area contributed by atoms with Gasteiger partial charge >= 0.3 is 0 Å². The van der Waals surface area contributed by atoms with Crippen molar-refractivity contribution in [2.75, 3.05) is 5.32 Å². The first kappa shape index (κ1) is 24.9. The summed E-state index contributed by atoms with van der Waals surface area (Å²) in [4.78, 5) is 23.1. The predicted octanol–water partition coefficient (Wildman–Crippen LogP) is 5.57. The van der Waals surface area contributed by atoms with Gasteiger partial charge in [0, 0.05) is 23.5 Å². The van der Waals surface area contributed by atoms with Gasteiger partial charge in [0.1, 0.15) is 11.6 Å². The van der Waals surface area contributed by atoms with Gasteiger partial charge in [-0.25, -0.2) is 4.39 Å².